The summed E-state index contributed by atoms with van der Waals surface area (Å²) in [6.45, 7) is 3.77. The summed E-state index contributed by atoms with van der Waals surface area (Å²) in [5, 5.41) is 0. The predicted octanol–water partition coefficient (Wildman–Crippen LogP) is 1.34. The zero-order valence-electron chi connectivity index (χ0n) is 17.8. The Labute approximate surface area is 185 Å². The maximum atomic E-state index is 11.7. The molecule has 1 saturated heterocycles. The zero-order chi connectivity index (χ0) is 23.4. The van der Waals surface area contributed by atoms with Crippen LogP contribution in [0.15, 0.2) is 24.3 Å². The molecule has 174 valence electrons. The lowest BCUT2D eigenvalue weighted by Crippen LogP contribution is -2.65. The number of ether oxygens (including phenoxy) is 3. The van der Waals surface area contributed by atoms with Crippen LogP contribution < -0.4 is 9.47 Å². The first-order chi connectivity index (χ1) is 14.9. The van der Waals surface area contributed by atoms with E-state index >= 15 is 0 Å². The van der Waals surface area contributed by atoms with Crippen molar-refractivity contribution in [1.29, 1.82) is 0 Å². The van der Waals surface area contributed by atoms with Crippen molar-refractivity contribution in [3.63, 3.8) is 0 Å². The maximum absolute atomic E-state index is 11.7. The first-order valence-electron chi connectivity index (χ1n) is 10.2. The first kappa shape index (κ1) is 22.7. The number of hydrogen-bond donors (Lipinski definition) is 2. The van der Waals surface area contributed by atoms with E-state index in [9.17, 15) is 9.59 Å². The summed E-state index contributed by atoms with van der Waals surface area (Å²) in [5.74, 6) is 0.712. The van der Waals surface area contributed by atoms with Gasteiger partial charge < -0.3 is 19.1 Å². The molecule has 32 heavy (non-hydrogen) atoms. The van der Waals surface area contributed by atoms with Gasteiger partial charge in [0.2, 0.25) is 0 Å². The Kier molecular flexibility index (Phi) is 5.56. The van der Waals surface area contributed by atoms with Crippen molar-refractivity contribution in [2.75, 3.05) is 13.6 Å². The summed E-state index contributed by atoms with van der Waals surface area (Å²) in [6, 6.07) is 4.28. The highest BCUT2D eigenvalue weighted by Gasteiger charge is 2.65. The molecule has 0 radical (unpaired) electrons. The molecule has 0 amide bonds. The molecule has 10 nitrogen and oxygen atoms in total. The minimum absolute atomic E-state index is 0.245. The highest BCUT2D eigenvalue weighted by Crippen LogP contribution is 2.62. The third-order valence-corrected chi connectivity index (χ3v) is 6.67. The van der Waals surface area contributed by atoms with Crippen molar-refractivity contribution in [2.24, 2.45) is 5.92 Å². The van der Waals surface area contributed by atoms with Gasteiger partial charge in [0.25, 0.3) is 0 Å². The van der Waals surface area contributed by atoms with E-state index in [4.69, 9.17) is 31.7 Å². The van der Waals surface area contributed by atoms with Gasteiger partial charge in [-0.1, -0.05) is 12.1 Å². The second kappa shape index (κ2) is 7.84. The van der Waals surface area contributed by atoms with Crippen LogP contribution in [-0.4, -0.2) is 66.2 Å². The minimum Gasteiger partial charge on any atom is -0.481 e. The largest absolute Gasteiger partial charge is 0.481 e. The van der Waals surface area contributed by atoms with E-state index in [0.717, 1.165) is 24.9 Å². The number of hydrogen-bond acceptors (Lipinski definition) is 8. The lowest BCUT2D eigenvalue weighted by molar-refractivity contribution is -0.152. The van der Waals surface area contributed by atoms with E-state index in [-0.39, 0.29) is 29.4 Å². The van der Waals surface area contributed by atoms with Crippen LogP contribution >= 0.6 is 0 Å². The number of nitrogens with zero attached hydrogens (tertiary/aromatic N) is 1. The molecule has 2 aliphatic carbocycles. The topological polar surface area (TPSA) is 140 Å². The van der Waals surface area contributed by atoms with E-state index < -0.39 is 16.5 Å². The average molecular weight is 467 g/mol. The van der Waals surface area contributed by atoms with Crippen molar-refractivity contribution in [1.82, 2.24) is 4.90 Å². The molecule has 2 heterocycles. The van der Waals surface area contributed by atoms with Gasteiger partial charge in [0.1, 0.15) is 6.10 Å². The minimum atomic E-state index is -4.67. The third-order valence-electron chi connectivity index (χ3n) is 6.67. The average Bonchev–Trinajstić information content (AvgIpc) is 3.00. The van der Waals surface area contributed by atoms with E-state index in [0.29, 0.717) is 17.5 Å². The quantitative estimate of drug-likeness (QED) is 0.283. The van der Waals surface area contributed by atoms with Crippen LogP contribution in [0.4, 0.5) is 0 Å². The molecular weight excluding hydrogens is 442 g/mol. The highest BCUT2D eigenvalue weighted by atomic mass is 32.3. The Morgan fingerprint density at radius 1 is 1.19 bits per heavy atom. The van der Waals surface area contributed by atoms with Crippen LogP contribution in [0.25, 0.3) is 0 Å². The number of benzene rings is 1. The number of esters is 2. The van der Waals surface area contributed by atoms with Gasteiger partial charge in [-0.05, 0) is 44.1 Å². The second-order valence-corrected chi connectivity index (χ2v) is 9.43. The van der Waals surface area contributed by atoms with Crippen molar-refractivity contribution in [3.8, 4) is 11.5 Å². The van der Waals surface area contributed by atoms with Gasteiger partial charge in [0.15, 0.2) is 17.6 Å². The predicted molar refractivity (Wildman–Crippen MR) is 111 cm³/mol. The molecule has 5 atom stereocenters. The Morgan fingerprint density at radius 3 is 2.50 bits per heavy atom. The number of likely N-dealkylation sites (tertiary alicyclic amines) is 1. The third kappa shape index (κ3) is 3.79. The van der Waals surface area contributed by atoms with Gasteiger partial charge in [0.05, 0.1) is 0 Å². The standard InChI is InChI=1S/C21H23NO5.H2O4S/c1-11(23)25-16-6-4-13-10-15-14-5-7-17(26-12(2)24)20-21(14,8-9-22(15)3)18(13)19(16)27-20;1-5(2,3)4/h4-7,14-15,17,20H,8-10H2,1-3H3;(H2,1,2,3,4)/t14-,15+,17-,20-,21-;/m0./s1. The Hall–Kier alpha value is -2.47. The van der Waals surface area contributed by atoms with Crippen LogP contribution in [-0.2, 0) is 36.6 Å². The SMILES string of the molecule is CC(=O)Oc1ccc2c3c1O[C@H]1[C@@H](OC(C)=O)C=C[C@H]4[C@@H](C2)N(C)CC[C@@]341.O=S(=O)(O)O. The van der Waals surface area contributed by atoms with Gasteiger partial charge in [-0.3, -0.25) is 18.7 Å². The molecule has 0 saturated carbocycles. The molecular formula is C21H25NO9S. The molecule has 4 aliphatic rings. The maximum Gasteiger partial charge on any atom is 0.394 e. The Balaban J connectivity index is 0.000000444. The molecule has 2 N–H and O–H groups in total. The molecule has 1 aromatic carbocycles. The fraction of sp³-hybridized carbons (Fsp3) is 0.524. The molecule has 1 aromatic rings. The molecule has 5 rings (SSSR count). The van der Waals surface area contributed by atoms with Gasteiger partial charge in [0, 0.05) is 36.8 Å². The van der Waals surface area contributed by atoms with Gasteiger partial charge in [-0.15, -0.1) is 0 Å². The van der Waals surface area contributed by atoms with E-state index in [1.165, 1.54) is 19.4 Å². The smallest absolute Gasteiger partial charge is 0.394 e. The Bertz CT molecular complexity index is 1090. The van der Waals surface area contributed by atoms with Crippen molar-refractivity contribution < 1.29 is 41.3 Å². The lowest BCUT2D eigenvalue weighted by Gasteiger charge is -2.56. The normalized spacial score (nSPS) is 31.5. The van der Waals surface area contributed by atoms with Crippen LogP contribution in [0.5, 0.6) is 11.5 Å². The summed E-state index contributed by atoms with van der Waals surface area (Å²) in [7, 11) is -2.49. The highest BCUT2D eigenvalue weighted by molar-refractivity contribution is 7.79. The van der Waals surface area contributed by atoms with Gasteiger partial charge in [-0.2, -0.15) is 8.42 Å². The molecule has 1 spiro atoms. The van der Waals surface area contributed by atoms with Gasteiger partial charge in [-0.25, -0.2) is 0 Å². The molecule has 2 bridgehead atoms. The fourth-order valence-corrected chi connectivity index (χ4v) is 5.74. The number of rotatable bonds is 2. The summed E-state index contributed by atoms with van der Waals surface area (Å²) < 4.78 is 49.1. The Morgan fingerprint density at radius 2 is 1.88 bits per heavy atom. The molecule has 0 unspecified atom stereocenters. The second-order valence-electron chi connectivity index (χ2n) is 8.53. The van der Waals surface area contributed by atoms with E-state index in [2.05, 4.69) is 24.1 Å². The monoisotopic (exact) mass is 467 g/mol. The van der Waals surface area contributed by atoms with E-state index in [1.807, 2.05) is 12.1 Å². The molecule has 0 aromatic heterocycles. The molecule has 1 fully saturated rings. The fourth-order valence-electron chi connectivity index (χ4n) is 5.74. The molecule has 2 aliphatic heterocycles. The van der Waals surface area contributed by atoms with Gasteiger partial charge >= 0.3 is 22.3 Å². The van der Waals surface area contributed by atoms with Crippen LogP contribution in [0.1, 0.15) is 31.4 Å². The number of carbonyl (C=O) groups is 2. The summed E-state index contributed by atoms with van der Waals surface area (Å²) in [4.78, 5) is 25.7. The number of piperidine rings is 1. The van der Waals surface area contributed by atoms with Crippen molar-refractivity contribution in [2.45, 2.75) is 50.4 Å². The van der Waals surface area contributed by atoms with Crippen LogP contribution in [0.3, 0.4) is 0 Å². The lowest BCUT2D eigenvalue weighted by atomic mass is 9.53. The van der Waals surface area contributed by atoms with Crippen LogP contribution in [0, 0.1) is 5.92 Å². The van der Waals surface area contributed by atoms with Crippen LogP contribution in [0.2, 0.25) is 0 Å². The number of carbonyl (C=O) groups excluding carboxylic acids is 2. The zero-order valence-corrected chi connectivity index (χ0v) is 18.7. The summed E-state index contributed by atoms with van der Waals surface area (Å²) in [5.41, 5.74) is 2.15. The number of likely N-dealkylation sites (N-methyl/N-ethyl adjacent to an activating group) is 1. The summed E-state index contributed by atoms with van der Waals surface area (Å²) >= 11 is 0. The first-order valence-corrected chi connectivity index (χ1v) is 11.6. The van der Waals surface area contributed by atoms with Crippen molar-refractivity contribution in [3.05, 3.63) is 35.4 Å². The summed E-state index contributed by atoms with van der Waals surface area (Å²) in [6.07, 6.45) is 5.31. The molecule has 11 heteroatoms. The van der Waals surface area contributed by atoms with E-state index in [1.54, 1.807) is 0 Å². The van der Waals surface area contributed by atoms with Crippen molar-refractivity contribution >= 4 is 22.3 Å².